The Labute approximate surface area is 165 Å². The summed E-state index contributed by atoms with van der Waals surface area (Å²) in [6.07, 6.45) is 0. The Morgan fingerprint density at radius 3 is 2.19 bits per heavy atom. The van der Waals surface area contributed by atoms with Crippen molar-refractivity contribution in [2.45, 2.75) is 31.1 Å². The minimum absolute atomic E-state index is 0.0669. The summed E-state index contributed by atoms with van der Waals surface area (Å²) < 4.78 is 29.9. The molecule has 0 bridgehead atoms. The van der Waals surface area contributed by atoms with Crippen LogP contribution in [0.5, 0.6) is 5.75 Å². The molecule has 2 aromatic rings. The van der Waals surface area contributed by atoms with Crippen LogP contribution in [-0.4, -0.2) is 33.2 Å². The van der Waals surface area contributed by atoms with Gasteiger partial charge in [-0.3, -0.25) is 4.79 Å². The average Bonchev–Trinajstić information content (AvgIpc) is 2.58. The third-order valence-corrected chi connectivity index (χ3v) is 5.79. The topological polar surface area (TPSA) is 72.5 Å². The second kappa shape index (κ2) is 8.76. The molecule has 0 aliphatic rings. The molecule has 2 aromatic carbocycles. The number of sulfone groups is 1. The number of hydrogen-bond donors (Lipinski definition) is 1. The molecule has 7 heteroatoms. The molecule has 0 saturated heterocycles. The van der Waals surface area contributed by atoms with Crippen molar-refractivity contribution >= 4 is 27.3 Å². The molecular weight excluding hydrogens is 386 g/mol. The first-order chi connectivity index (χ1) is 12.6. The first kappa shape index (κ1) is 21.3. The van der Waals surface area contributed by atoms with E-state index in [9.17, 15) is 13.2 Å². The van der Waals surface area contributed by atoms with Gasteiger partial charge in [-0.15, -0.1) is 0 Å². The highest BCUT2D eigenvalue weighted by Crippen LogP contribution is 2.24. The maximum Gasteiger partial charge on any atom is 0.235 e. The van der Waals surface area contributed by atoms with Gasteiger partial charge >= 0.3 is 0 Å². The van der Waals surface area contributed by atoms with E-state index in [0.29, 0.717) is 10.8 Å². The number of benzene rings is 2. The zero-order valence-electron chi connectivity index (χ0n) is 15.7. The lowest BCUT2D eigenvalue weighted by molar-refractivity contribution is -0.118. The Morgan fingerprint density at radius 1 is 1.04 bits per heavy atom. The smallest absolute Gasteiger partial charge is 0.235 e. The van der Waals surface area contributed by atoms with Gasteiger partial charge in [-0.1, -0.05) is 44.5 Å². The first-order valence-corrected chi connectivity index (χ1v) is 10.6. The van der Waals surface area contributed by atoms with Crippen molar-refractivity contribution in [2.24, 2.45) is 0 Å². The number of rotatable bonds is 7. The number of carbonyl (C=O) groups is 1. The van der Waals surface area contributed by atoms with E-state index in [1.54, 1.807) is 0 Å². The minimum atomic E-state index is -3.70. The summed E-state index contributed by atoms with van der Waals surface area (Å²) in [6.45, 7) is 6.88. The van der Waals surface area contributed by atoms with Gasteiger partial charge in [0.25, 0.3) is 0 Å². The van der Waals surface area contributed by atoms with Crippen LogP contribution in [0.3, 0.4) is 0 Å². The summed E-state index contributed by atoms with van der Waals surface area (Å²) in [4.78, 5) is 12.0. The molecule has 0 spiro atoms. The SMILES string of the molecule is CC(C)(C)c1ccc(OCCNC(=O)CS(=O)(=O)c2ccc(Cl)cc2)cc1. The Hall–Kier alpha value is -2.05. The van der Waals surface area contributed by atoms with Crippen LogP contribution in [0.15, 0.2) is 53.4 Å². The molecular formula is C20H24ClNO4S. The Bertz CT molecular complexity index is 870. The predicted molar refractivity (Wildman–Crippen MR) is 107 cm³/mol. The van der Waals surface area contributed by atoms with E-state index in [1.807, 2.05) is 24.3 Å². The normalized spacial score (nSPS) is 11.9. The van der Waals surface area contributed by atoms with Crippen LogP contribution in [0.1, 0.15) is 26.3 Å². The molecule has 5 nitrogen and oxygen atoms in total. The quantitative estimate of drug-likeness (QED) is 0.709. The molecule has 0 atom stereocenters. The zero-order valence-corrected chi connectivity index (χ0v) is 17.2. The van der Waals surface area contributed by atoms with E-state index in [-0.39, 0.29) is 23.5 Å². The number of carbonyl (C=O) groups excluding carboxylic acids is 1. The predicted octanol–water partition coefficient (Wildman–Crippen LogP) is 3.61. The number of ether oxygens (including phenoxy) is 1. The van der Waals surface area contributed by atoms with Crippen LogP contribution >= 0.6 is 11.6 Å². The summed E-state index contributed by atoms with van der Waals surface area (Å²) in [5.74, 6) is -0.489. The fraction of sp³-hybridized carbons (Fsp3) is 0.350. The van der Waals surface area contributed by atoms with E-state index in [2.05, 4.69) is 26.1 Å². The van der Waals surface area contributed by atoms with Crippen LogP contribution in [0.4, 0.5) is 0 Å². The van der Waals surface area contributed by atoms with Gasteiger partial charge < -0.3 is 10.1 Å². The Balaban J connectivity index is 1.78. The Kier molecular flexibility index (Phi) is 6.89. The summed E-state index contributed by atoms with van der Waals surface area (Å²) in [7, 11) is -3.70. The molecule has 0 unspecified atom stereocenters. The lowest BCUT2D eigenvalue weighted by Crippen LogP contribution is -2.33. The van der Waals surface area contributed by atoms with E-state index in [0.717, 1.165) is 0 Å². The zero-order chi connectivity index (χ0) is 20.1. The average molecular weight is 410 g/mol. The van der Waals surface area contributed by atoms with Gasteiger partial charge in [0.1, 0.15) is 18.1 Å². The maximum atomic E-state index is 12.2. The highest BCUT2D eigenvalue weighted by molar-refractivity contribution is 7.92. The molecule has 0 fully saturated rings. The fourth-order valence-corrected chi connectivity index (χ4v) is 3.65. The number of hydrogen-bond acceptors (Lipinski definition) is 4. The highest BCUT2D eigenvalue weighted by Gasteiger charge is 2.19. The second-order valence-electron chi connectivity index (χ2n) is 7.19. The van der Waals surface area contributed by atoms with Gasteiger partial charge in [-0.2, -0.15) is 0 Å². The van der Waals surface area contributed by atoms with Crippen LogP contribution in [0, 0.1) is 0 Å². The van der Waals surface area contributed by atoms with Crippen molar-refractivity contribution < 1.29 is 17.9 Å². The van der Waals surface area contributed by atoms with E-state index in [1.165, 1.54) is 29.8 Å². The number of amides is 1. The molecule has 0 saturated carbocycles. The third-order valence-electron chi connectivity index (χ3n) is 3.91. The van der Waals surface area contributed by atoms with Crippen molar-refractivity contribution in [3.63, 3.8) is 0 Å². The van der Waals surface area contributed by atoms with Gasteiger partial charge in [0.2, 0.25) is 5.91 Å². The molecule has 1 N–H and O–H groups in total. The summed E-state index contributed by atoms with van der Waals surface area (Å²) in [5, 5.41) is 2.99. The molecule has 0 aliphatic carbocycles. The largest absolute Gasteiger partial charge is 0.492 e. The van der Waals surface area contributed by atoms with Crippen LogP contribution in [0.2, 0.25) is 5.02 Å². The van der Waals surface area contributed by atoms with Gasteiger partial charge in [-0.05, 0) is 47.4 Å². The maximum absolute atomic E-state index is 12.2. The van der Waals surface area contributed by atoms with E-state index >= 15 is 0 Å². The standard InChI is InChI=1S/C20H24ClNO4S/c1-20(2,3)15-4-8-17(9-5-15)26-13-12-22-19(23)14-27(24,25)18-10-6-16(21)7-11-18/h4-11H,12-14H2,1-3H3,(H,22,23). The summed E-state index contributed by atoms with van der Waals surface area (Å²) in [6, 6.07) is 13.5. The van der Waals surface area contributed by atoms with Crippen molar-refractivity contribution in [2.75, 3.05) is 18.9 Å². The fourth-order valence-electron chi connectivity index (χ4n) is 2.36. The molecule has 1 amide bonds. The van der Waals surface area contributed by atoms with Crippen molar-refractivity contribution in [3.05, 3.63) is 59.1 Å². The van der Waals surface area contributed by atoms with Crippen LogP contribution in [-0.2, 0) is 20.0 Å². The minimum Gasteiger partial charge on any atom is -0.492 e. The molecule has 0 heterocycles. The molecule has 0 aliphatic heterocycles. The van der Waals surface area contributed by atoms with E-state index in [4.69, 9.17) is 16.3 Å². The van der Waals surface area contributed by atoms with Crippen LogP contribution in [0.25, 0.3) is 0 Å². The van der Waals surface area contributed by atoms with Gasteiger partial charge in [0.05, 0.1) is 11.4 Å². The summed E-state index contributed by atoms with van der Waals surface area (Å²) >= 11 is 5.75. The van der Waals surface area contributed by atoms with Crippen LogP contribution < -0.4 is 10.1 Å². The molecule has 0 radical (unpaired) electrons. The number of nitrogens with one attached hydrogen (secondary N) is 1. The molecule has 146 valence electrons. The molecule has 0 aromatic heterocycles. The van der Waals surface area contributed by atoms with Crippen molar-refractivity contribution in [1.82, 2.24) is 5.32 Å². The van der Waals surface area contributed by atoms with Crippen molar-refractivity contribution in [3.8, 4) is 5.75 Å². The second-order valence-corrected chi connectivity index (χ2v) is 9.61. The lowest BCUT2D eigenvalue weighted by atomic mass is 9.87. The third kappa shape index (κ3) is 6.56. The van der Waals surface area contributed by atoms with Gasteiger partial charge in [0, 0.05) is 5.02 Å². The first-order valence-electron chi connectivity index (χ1n) is 8.56. The van der Waals surface area contributed by atoms with E-state index < -0.39 is 21.5 Å². The van der Waals surface area contributed by atoms with Gasteiger partial charge in [-0.25, -0.2) is 8.42 Å². The Morgan fingerprint density at radius 2 is 1.63 bits per heavy atom. The molecule has 2 rings (SSSR count). The molecule has 27 heavy (non-hydrogen) atoms. The van der Waals surface area contributed by atoms with Crippen molar-refractivity contribution in [1.29, 1.82) is 0 Å². The lowest BCUT2D eigenvalue weighted by Gasteiger charge is -2.19. The monoisotopic (exact) mass is 409 g/mol. The number of halogens is 1. The van der Waals surface area contributed by atoms with Gasteiger partial charge in [0.15, 0.2) is 9.84 Å². The summed E-state index contributed by atoms with van der Waals surface area (Å²) in [5.41, 5.74) is 1.28. The highest BCUT2D eigenvalue weighted by atomic mass is 35.5.